The van der Waals surface area contributed by atoms with E-state index in [0.29, 0.717) is 18.0 Å². The summed E-state index contributed by atoms with van der Waals surface area (Å²) in [5, 5.41) is 2.90. The first-order chi connectivity index (χ1) is 10.1. The Balaban J connectivity index is 1.89. The molecule has 1 amide bonds. The van der Waals surface area contributed by atoms with Crippen LogP contribution in [0.5, 0.6) is 5.75 Å². The number of amides is 1. The van der Waals surface area contributed by atoms with Gasteiger partial charge in [-0.2, -0.15) is 0 Å². The van der Waals surface area contributed by atoms with Crippen molar-refractivity contribution in [1.29, 1.82) is 0 Å². The van der Waals surface area contributed by atoms with Crippen molar-refractivity contribution in [3.63, 3.8) is 0 Å². The maximum absolute atomic E-state index is 12.6. The number of piperidine rings is 1. The van der Waals surface area contributed by atoms with Crippen LogP contribution < -0.4 is 10.1 Å². The highest BCUT2D eigenvalue weighted by molar-refractivity contribution is 5.93. The Kier molecular flexibility index (Phi) is 5.56. The van der Waals surface area contributed by atoms with Gasteiger partial charge in [0.25, 0.3) is 0 Å². The fraction of sp³-hybridized carbons (Fsp3) is 0.562. The van der Waals surface area contributed by atoms with E-state index in [1.54, 1.807) is 7.11 Å². The molecular formula is C16H23FN2O2. The molecule has 0 spiro atoms. The van der Waals surface area contributed by atoms with Crippen LogP contribution in [0.3, 0.4) is 0 Å². The van der Waals surface area contributed by atoms with Crippen molar-refractivity contribution in [1.82, 2.24) is 4.90 Å². The lowest BCUT2D eigenvalue weighted by Gasteiger charge is -2.30. The zero-order valence-corrected chi connectivity index (χ0v) is 12.7. The Hall–Kier alpha value is -1.62. The molecule has 1 heterocycles. The van der Waals surface area contributed by atoms with Crippen molar-refractivity contribution < 1.29 is 13.9 Å². The van der Waals surface area contributed by atoms with Crippen LogP contribution in [-0.4, -0.2) is 44.2 Å². The van der Waals surface area contributed by atoms with Crippen LogP contribution in [-0.2, 0) is 4.79 Å². The maximum Gasteiger partial charge on any atom is 0.238 e. The minimum absolute atomic E-state index is 0.0578. The van der Waals surface area contributed by atoms with Gasteiger partial charge in [-0.1, -0.05) is 6.07 Å². The van der Waals surface area contributed by atoms with Crippen molar-refractivity contribution in [2.24, 2.45) is 5.92 Å². The minimum Gasteiger partial charge on any atom is -0.495 e. The topological polar surface area (TPSA) is 41.6 Å². The number of nitrogens with one attached hydrogen (secondary N) is 1. The van der Waals surface area contributed by atoms with Gasteiger partial charge in [-0.25, -0.2) is 0 Å². The van der Waals surface area contributed by atoms with Gasteiger partial charge in [0.05, 0.1) is 26.0 Å². The summed E-state index contributed by atoms with van der Waals surface area (Å²) in [5.41, 5.74) is 1.76. The lowest BCUT2D eigenvalue weighted by Crippen LogP contribution is -2.39. The number of halogens is 1. The van der Waals surface area contributed by atoms with Crippen LogP contribution >= 0.6 is 0 Å². The van der Waals surface area contributed by atoms with Crippen molar-refractivity contribution >= 4 is 11.6 Å². The molecule has 4 nitrogen and oxygen atoms in total. The molecule has 2 rings (SSSR count). The van der Waals surface area contributed by atoms with Crippen molar-refractivity contribution in [2.45, 2.75) is 19.8 Å². The number of hydrogen-bond donors (Lipinski definition) is 1. The molecule has 1 N–H and O–H groups in total. The molecule has 0 aliphatic carbocycles. The molecule has 0 saturated carbocycles. The summed E-state index contributed by atoms with van der Waals surface area (Å²) >= 11 is 0. The Morgan fingerprint density at radius 1 is 1.43 bits per heavy atom. The highest BCUT2D eigenvalue weighted by atomic mass is 19.1. The monoisotopic (exact) mass is 294 g/mol. The number of likely N-dealkylation sites (tertiary alicyclic amines) is 1. The first-order valence-electron chi connectivity index (χ1n) is 7.35. The lowest BCUT2D eigenvalue weighted by molar-refractivity contribution is -0.117. The number of rotatable bonds is 5. The van der Waals surface area contributed by atoms with Crippen molar-refractivity contribution in [3.8, 4) is 5.75 Å². The highest BCUT2D eigenvalue weighted by Crippen LogP contribution is 2.25. The number of benzene rings is 1. The van der Waals surface area contributed by atoms with E-state index in [1.165, 1.54) is 0 Å². The van der Waals surface area contributed by atoms with Gasteiger partial charge in [-0.3, -0.25) is 14.1 Å². The molecule has 116 valence electrons. The summed E-state index contributed by atoms with van der Waals surface area (Å²) in [5.74, 6) is 0.767. The van der Waals surface area contributed by atoms with Crippen molar-refractivity contribution in [3.05, 3.63) is 23.8 Å². The Labute approximate surface area is 125 Å². The first-order valence-corrected chi connectivity index (χ1v) is 7.35. The van der Waals surface area contributed by atoms with E-state index in [9.17, 15) is 9.18 Å². The molecule has 1 saturated heterocycles. The largest absolute Gasteiger partial charge is 0.495 e. The van der Waals surface area contributed by atoms with Crippen LogP contribution in [0.1, 0.15) is 18.4 Å². The molecular weight excluding hydrogens is 271 g/mol. The quantitative estimate of drug-likeness (QED) is 0.907. The molecule has 0 atom stereocenters. The lowest BCUT2D eigenvalue weighted by atomic mass is 9.98. The number of aryl methyl sites for hydroxylation is 1. The van der Waals surface area contributed by atoms with Gasteiger partial charge in [0.2, 0.25) is 5.91 Å². The number of ether oxygens (including phenoxy) is 1. The predicted molar refractivity (Wildman–Crippen MR) is 81.5 cm³/mol. The van der Waals surface area contributed by atoms with Crippen LogP contribution in [0.15, 0.2) is 18.2 Å². The number of carbonyl (C=O) groups is 1. The molecule has 1 aliphatic rings. The number of carbonyl (C=O) groups excluding carboxylic acids is 1. The summed E-state index contributed by atoms with van der Waals surface area (Å²) in [7, 11) is 1.59. The Bertz CT molecular complexity index is 485. The SMILES string of the molecule is COc1ccc(C)cc1NC(=O)CN1CCC(CF)CC1. The number of nitrogens with zero attached hydrogens (tertiary/aromatic N) is 1. The number of alkyl halides is 1. The van der Waals surface area contributed by atoms with Crippen LogP contribution in [0, 0.1) is 12.8 Å². The van der Waals surface area contributed by atoms with E-state index in [-0.39, 0.29) is 18.5 Å². The third-order valence-electron chi connectivity index (χ3n) is 3.92. The van der Waals surface area contributed by atoms with Crippen LogP contribution in [0.2, 0.25) is 0 Å². The maximum atomic E-state index is 12.6. The summed E-state index contributed by atoms with van der Waals surface area (Å²) in [4.78, 5) is 14.2. The standard InChI is InChI=1S/C16H23FN2O2/c1-12-3-4-15(21-2)14(9-12)18-16(20)11-19-7-5-13(10-17)6-8-19/h3-4,9,13H,5-8,10-11H2,1-2H3,(H,18,20). The second-order valence-electron chi connectivity index (χ2n) is 5.63. The third kappa shape index (κ3) is 4.43. The zero-order chi connectivity index (χ0) is 15.2. The molecule has 1 aromatic rings. The van der Waals surface area contributed by atoms with Crippen molar-refractivity contribution in [2.75, 3.05) is 38.7 Å². The van der Waals surface area contributed by atoms with Gasteiger partial charge in [-0.15, -0.1) is 0 Å². The molecule has 5 heteroatoms. The van der Waals surface area contributed by atoms with E-state index in [4.69, 9.17) is 4.74 Å². The fourth-order valence-electron chi connectivity index (χ4n) is 2.61. The molecule has 21 heavy (non-hydrogen) atoms. The summed E-state index contributed by atoms with van der Waals surface area (Å²) in [6.45, 7) is 3.63. The minimum atomic E-state index is -0.249. The number of methoxy groups -OCH3 is 1. The number of anilines is 1. The molecule has 0 bridgehead atoms. The highest BCUT2D eigenvalue weighted by Gasteiger charge is 2.21. The first kappa shape index (κ1) is 15.8. The Morgan fingerprint density at radius 2 is 2.14 bits per heavy atom. The third-order valence-corrected chi connectivity index (χ3v) is 3.92. The zero-order valence-electron chi connectivity index (χ0n) is 12.7. The van der Waals surface area contributed by atoms with Crippen LogP contribution in [0.25, 0.3) is 0 Å². The van der Waals surface area contributed by atoms with Crippen LogP contribution in [0.4, 0.5) is 10.1 Å². The predicted octanol–water partition coefficient (Wildman–Crippen LogP) is 2.62. The second kappa shape index (κ2) is 7.41. The van der Waals surface area contributed by atoms with E-state index < -0.39 is 0 Å². The van der Waals surface area contributed by atoms with E-state index >= 15 is 0 Å². The molecule has 1 aromatic carbocycles. The van der Waals surface area contributed by atoms with Gasteiger partial charge >= 0.3 is 0 Å². The van der Waals surface area contributed by atoms with Gasteiger partial charge < -0.3 is 10.1 Å². The smallest absolute Gasteiger partial charge is 0.238 e. The number of hydrogen-bond acceptors (Lipinski definition) is 3. The van der Waals surface area contributed by atoms with E-state index in [1.807, 2.05) is 25.1 Å². The summed E-state index contributed by atoms with van der Waals surface area (Å²) < 4.78 is 17.8. The normalized spacial score (nSPS) is 16.7. The molecule has 1 fully saturated rings. The second-order valence-corrected chi connectivity index (χ2v) is 5.63. The summed E-state index contributed by atoms with van der Waals surface area (Å²) in [6, 6.07) is 5.68. The van der Waals surface area contributed by atoms with E-state index in [0.717, 1.165) is 31.5 Å². The molecule has 1 aliphatic heterocycles. The molecule has 0 unspecified atom stereocenters. The van der Waals surface area contributed by atoms with Gasteiger partial charge in [0.15, 0.2) is 0 Å². The van der Waals surface area contributed by atoms with E-state index in [2.05, 4.69) is 10.2 Å². The average Bonchev–Trinajstić information content (AvgIpc) is 2.48. The average molecular weight is 294 g/mol. The van der Waals surface area contributed by atoms with Gasteiger partial charge in [0.1, 0.15) is 5.75 Å². The Morgan fingerprint density at radius 3 is 2.76 bits per heavy atom. The fourth-order valence-corrected chi connectivity index (χ4v) is 2.61. The molecule has 0 radical (unpaired) electrons. The van der Waals surface area contributed by atoms with Gasteiger partial charge in [-0.05, 0) is 56.5 Å². The summed E-state index contributed by atoms with van der Waals surface area (Å²) in [6.07, 6.45) is 1.66. The molecule has 0 aromatic heterocycles. The van der Waals surface area contributed by atoms with Gasteiger partial charge in [0, 0.05) is 0 Å².